The van der Waals surface area contributed by atoms with Crippen molar-refractivity contribution in [2.45, 2.75) is 26.0 Å². The molecule has 0 aliphatic carbocycles. The number of rotatable bonds is 3. The molecule has 1 amide bonds. The number of carbonyl (C=O) groups is 1. The molecule has 0 unspecified atom stereocenters. The fourth-order valence-electron chi connectivity index (χ4n) is 2.50. The highest BCUT2D eigenvalue weighted by Gasteiger charge is 2.50. The number of alkyl halides is 2. The van der Waals surface area contributed by atoms with Crippen molar-refractivity contribution in [3.8, 4) is 5.75 Å². The average Bonchev–Trinajstić information content (AvgIpc) is 2.51. The third-order valence-electron chi connectivity index (χ3n) is 3.60. The number of pyridine rings is 1. The topological polar surface area (TPSA) is 42.4 Å². The van der Waals surface area contributed by atoms with Gasteiger partial charge in [0.2, 0.25) is 0 Å². The molecule has 23 heavy (non-hydrogen) atoms. The molecule has 0 fully saturated rings. The van der Waals surface area contributed by atoms with Gasteiger partial charge in [0.05, 0.1) is 12.2 Å². The number of ether oxygens (including phenoxy) is 1. The number of aryl methyl sites for hydroxylation is 1. The highest BCUT2D eigenvalue weighted by Crippen LogP contribution is 2.42. The van der Waals surface area contributed by atoms with Crippen molar-refractivity contribution in [1.82, 2.24) is 4.98 Å². The lowest BCUT2D eigenvalue weighted by Crippen LogP contribution is -2.50. The van der Waals surface area contributed by atoms with Crippen LogP contribution < -0.4 is 9.64 Å². The van der Waals surface area contributed by atoms with Crippen LogP contribution in [0.25, 0.3) is 0 Å². The van der Waals surface area contributed by atoms with Crippen LogP contribution in [-0.4, -0.2) is 17.0 Å². The predicted molar refractivity (Wildman–Crippen MR) is 81.8 cm³/mol. The largest absolute Gasteiger partial charge is 0.483 e. The van der Waals surface area contributed by atoms with E-state index in [0.29, 0.717) is 23.2 Å². The lowest BCUT2D eigenvalue weighted by Gasteiger charge is -2.34. The van der Waals surface area contributed by atoms with Gasteiger partial charge in [0.1, 0.15) is 5.15 Å². The Hall–Kier alpha value is -2.21. The summed E-state index contributed by atoms with van der Waals surface area (Å²) in [6, 6.07) is 8.16. The first-order valence-corrected chi connectivity index (χ1v) is 7.41. The standard InChI is InChI=1S/C16H13ClF2N2O2/c1-2-11-4-3-5-12-14(11)23-16(18,19)15(22)21(12)9-10-6-7-20-13(17)8-10/h3-8H,2,9H2,1H3. The number of anilines is 1. The Morgan fingerprint density at radius 2 is 2.13 bits per heavy atom. The fraction of sp³-hybridized carbons (Fsp3) is 0.250. The van der Waals surface area contributed by atoms with E-state index in [-0.39, 0.29) is 17.4 Å². The molecule has 1 aromatic carbocycles. The Morgan fingerprint density at radius 3 is 2.83 bits per heavy atom. The summed E-state index contributed by atoms with van der Waals surface area (Å²) >= 11 is 5.82. The van der Waals surface area contributed by atoms with Crippen molar-refractivity contribution in [2.75, 3.05) is 4.90 Å². The van der Waals surface area contributed by atoms with E-state index in [4.69, 9.17) is 11.6 Å². The molecule has 120 valence electrons. The van der Waals surface area contributed by atoms with Crippen LogP contribution in [0.3, 0.4) is 0 Å². The molecular formula is C16H13ClF2N2O2. The molecule has 1 aliphatic heterocycles. The summed E-state index contributed by atoms with van der Waals surface area (Å²) in [5.74, 6) is -1.36. The highest BCUT2D eigenvalue weighted by molar-refractivity contribution is 6.29. The van der Waals surface area contributed by atoms with Crippen molar-refractivity contribution in [2.24, 2.45) is 0 Å². The number of amides is 1. The fourth-order valence-corrected chi connectivity index (χ4v) is 2.70. The minimum absolute atomic E-state index is 0.0414. The number of aromatic nitrogens is 1. The molecule has 2 aromatic rings. The molecule has 1 aromatic heterocycles. The first-order chi connectivity index (χ1) is 10.9. The van der Waals surface area contributed by atoms with Crippen molar-refractivity contribution in [1.29, 1.82) is 0 Å². The first-order valence-electron chi connectivity index (χ1n) is 7.03. The molecule has 0 spiro atoms. The monoisotopic (exact) mass is 338 g/mol. The van der Waals surface area contributed by atoms with Gasteiger partial charge in [0.15, 0.2) is 5.75 Å². The van der Waals surface area contributed by atoms with Gasteiger partial charge in [0, 0.05) is 6.20 Å². The smallest absolute Gasteiger partial charge is 0.423 e. The average molecular weight is 339 g/mol. The lowest BCUT2D eigenvalue weighted by molar-refractivity contribution is -0.193. The number of para-hydroxylation sites is 1. The Kier molecular flexibility index (Phi) is 3.93. The summed E-state index contributed by atoms with van der Waals surface area (Å²) in [6.45, 7) is 1.79. The molecule has 0 bridgehead atoms. The number of benzene rings is 1. The molecular weight excluding hydrogens is 326 g/mol. The van der Waals surface area contributed by atoms with E-state index in [9.17, 15) is 13.6 Å². The summed E-state index contributed by atoms with van der Waals surface area (Å²) in [6.07, 6.45) is -1.92. The van der Waals surface area contributed by atoms with Crippen LogP contribution in [0.1, 0.15) is 18.1 Å². The van der Waals surface area contributed by atoms with Gasteiger partial charge in [-0.3, -0.25) is 9.69 Å². The molecule has 0 saturated heterocycles. The van der Waals surface area contributed by atoms with Gasteiger partial charge in [-0.15, -0.1) is 0 Å². The third kappa shape index (κ3) is 2.86. The summed E-state index contributed by atoms with van der Waals surface area (Å²) < 4.78 is 32.6. The number of carbonyl (C=O) groups excluding carboxylic acids is 1. The summed E-state index contributed by atoms with van der Waals surface area (Å²) in [4.78, 5) is 17.0. The van der Waals surface area contributed by atoms with Crippen molar-refractivity contribution >= 4 is 23.2 Å². The highest BCUT2D eigenvalue weighted by atomic mass is 35.5. The molecule has 0 saturated carbocycles. The van der Waals surface area contributed by atoms with Gasteiger partial charge < -0.3 is 4.74 Å². The van der Waals surface area contributed by atoms with Crippen LogP contribution in [0.2, 0.25) is 5.15 Å². The van der Waals surface area contributed by atoms with Crippen molar-refractivity contribution < 1.29 is 18.3 Å². The summed E-state index contributed by atoms with van der Waals surface area (Å²) in [5, 5.41) is 0.234. The zero-order valence-corrected chi connectivity index (χ0v) is 13.0. The van der Waals surface area contributed by atoms with Crippen LogP contribution in [0.4, 0.5) is 14.5 Å². The van der Waals surface area contributed by atoms with Gasteiger partial charge in [-0.1, -0.05) is 30.7 Å². The molecule has 4 nitrogen and oxygen atoms in total. The van der Waals surface area contributed by atoms with Crippen LogP contribution >= 0.6 is 11.6 Å². The molecule has 0 atom stereocenters. The van der Waals surface area contributed by atoms with Gasteiger partial charge in [-0.25, -0.2) is 4.98 Å². The van der Waals surface area contributed by atoms with E-state index in [1.165, 1.54) is 12.3 Å². The van der Waals surface area contributed by atoms with E-state index in [1.54, 1.807) is 24.3 Å². The SMILES string of the molecule is CCc1cccc2c1OC(F)(F)C(=O)N2Cc1ccnc(Cl)c1. The normalized spacial score (nSPS) is 16.0. The summed E-state index contributed by atoms with van der Waals surface area (Å²) in [7, 11) is 0. The van der Waals surface area contributed by atoms with E-state index in [2.05, 4.69) is 9.72 Å². The van der Waals surface area contributed by atoms with Crippen LogP contribution in [0, 0.1) is 0 Å². The minimum Gasteiger partial charge on any atom is -0.423 e. The number of hydrogen-bond acceptors (Lipinski definition) is 3. The second-order valence-electron chi connectivity index (χ2n) is 5.12. The Balaban J connectivity index is 2.07. The van der Waals surface area contributed by atoms with E-state index in [0.717, 1.165) is 4.90 Å². The van der Waals surface area contributed by atoms with Gasteiger partial charge in [-0.05, 0) is 35.7 Å². The summed E-state index contributed by atoms with van der Waals surface area (Å²) in [5.41, 5.74) is 1.55. The van der Waals surface area contributed by atoms with Crippen molar-refractivity contribution in [3.63, 3.8) is 0 Å². The van der Waals surface area contributed by atoms with Crippen molar-refractivity contribution in [3.05, 3.63) is 52.8 Å². The molecule has 3 rings (SSSR count). The molecule has 7 heteroatoms. The molecule has 2 heterocycles. The van der Waals surface area contributed by atoms with E-state index in [1.807, 2.05) is 6.92 Å². The number of halogens is 3. The Bertz CT molecular complexity index is 767. The van der Waals surface area contributed by atoms with Crippen LogP contribution in [0.15, 0.2) is 36.5 Å². The number of fused-ring (bicyclic) bond motifs is 1. The molecule has 0 radical (unpaired) electrons. The van der Waals surface area contributed by atoms with E-state index < -0.39 is 12.0 Å². The Morgan fingerprint density at radius 1 is 1.35 bits per heavy atom. The van der Waals surface area contributed by atoms with Gasteiger partial charge in [-0.2, -0.15) is 8.78 Å². The maximum absolute atomic E-state index is 14.0. The zero-order valence-electron chi connectivity index (χ0n) is 12.2. The second kappa shape index (κ2) is 5.77. The quantitative estimate of drug-likeness (QED) is 0.799. The third-order valence-corrected chi connectivity index (χ3v) is 3.81. The maximum Gasteiger partial charge on any atom is 0.483 e. The Labute approximate surface area is 136 Å². The maximum atomic E-state index is 14.0. The van der Waals surface area contributed by atoms with Crippen LogP contribution in [0.5, 0.6) is 5.75 Å². The van der Waals surface area contributed by atoms with E-state index >= 15 is 0 Å². The second-order valence-corrected chi connectivity index (χ2v) is 5.50. The minimum atomic E-state index is -3.89. The zero-order chi connectivity index (χ0) is 16.6. The number of nitrogens with zero attached hydrogens (tertiary/aromatic N) is 2. The molecule has 1 aliphatic rings. The van der Waals surface area contributed by atoms with Gasteiger partial charge in [0.25, 0.3) is 0 Å². The first kappa shape index (κ1) is 15.7. The predicted octanol–water partition coefficient (Wildman–Crippen LogP) is 3.82. The lowest BCUT2D eigenvalue weighted by atomic mass is 10.1. The number of hydrogen-bond donors (Lipinski definition) is 0. The van der Waals surface area contributed by atoms with Crippen LogP contribution in [-0.2, 0) is 17.8 Å². The van der Waals surface area contributed by atoms with Gasteiger partial charge >= 0.3 is 12.0 Å². The molecule has 0 N–H and O–H groups in total.